The monoisotopic (exact) mass is 255 g/mol. The SMILES string of the molecule is O=C(C=C1SC(=O)NC1=O)Nc1nccs1. The highest BCUT2D eigenvalue weighted by Gasteiger charge is 2.25. The number of imide groups is 1. The molecule has 0 unspecified atom stereocenters. The molecule has 1 saturated heterocycles. The van der Waals surface area contributed by atoms with Crippen LogP contribution < -0.4 is 10.6 Å². The summed E-state index contributed by atoms with van der Waals surface area (Å²) in [6.07, 6.45) is 2.63. The molecule has 0 spiro atoms. The Labute approximate surface area is 98.1 Å². The Bertz CT molecular complexity index is 481. The van der Waals surface area contributed by atoms with Gasteiger partial charge in [0.15, 0.2) is 5.13 Å². The van der Waals surface area contributed by atoms with E-state index in [0.717, 1.165) is 6.08 Å². The number of rotatable bonds is 2. The number of hydrogen-bond acceptors (Lipinski definition) is 6. The molecule has 0 aromatic carbocycles. The van der Waals surface area contributed by atoms with Gasteiger partial charge in [-0.15, -0.1) is 11.3 Å². The molecule has 3 amide bonds. The molecule has 0 atom stereocenters. The lowest BCUT2D eigenvalue weighted by Crippen LogP contribution is -2.18. The average Bonchev–Trinajstić information content (AvgIpc) is 2.78. The minimum Gasteiger partial charge on any atom is -0.298 e. The summed E-state index contributed by atoms with van der Waals surface area (Å²) in [5.41, 5.74) is 0. The van der Waals surface area contributed by atoms with Crippen LogP contribution in [0.15, 0.2) is 22.6 Å². The van der Waals surface area contributed by atoms with Gasteiger partial charge in [0.1, 0.15) is 0 Å². The number of thiazole rings is 1. The number of amides is 3. The molecule has 8 heteroatoms. The van der Waals surface area contributed by atoms with Crippen molar-refractivity contribution >= 4 is 45.3 Å². The van der Waals surface area contributed by atoms with E-state index >= 15 is 0 Å². The van der Waals surface area contributed by atoms with Gasteiger partial charge in [0.25, 0.3) is 17.1 Å². The van der Waals surface area contributed by atoms with Crippen molar-refractivity contribution in [3.63, 3.8) is 0 Å². The highest BCUT2D eigenvalue weighted by molar-refractivity contribution is 8.18. The smallest absolute Gasteiger partial charge is 0.290 e. The zero-order valence-corrected chi connectivity index (χ0v) is 9.35. The van der Waals surface area contributed by atoms with E-state index in [4.69, 9.17) is 0 Å². The Hall–Kier alpha value is -1.67. The van der Waals surface area contributed by atoms with Crippen LogP contribution in [0.1, 0.15) is 0 Å². The molecule has 0 aliphatic carbocycles. The predicted molar refractivity (Wildman–Crippen MR) is 60.0 cm³/mol. The Morgan fingerprint density at radius 2 is 2.31 bits per heavy atom. The Morgan fingerprint density at radius 1 is 1.50 bits per heavy atom. The van der Waals surface area contributed by atoms with Crippen LogP contribution in [0, 0.1) is 0 Å². The van der Waals surface area contributed by atoms with Crippen LogP contribution in [0.2, 0.25) is 0 Å². The molecule has 0 saturated carbocycles. The molecule has 2 heterocycles. The summed E-state index contributed by atoms with van der Waals surface area (Å²) in [5.74, 6) is -1.04. The first-order valence-electron chi connectivity index (χ1n) is 4.10. The number of carbonyl (C=O) groups is 3. The van der Waals surface area contributed by atoms with Crippen molar-refractivity contribution in [2.45, 2.75) is 0 Å². The fraction of sp³-hybridized carbons (Fsp3) is 0. The lowest BCUT2D eigenvalue weighted by Gasteiger charge is -1.95. The van der Waals surface area contributed by atoms with Crippen LogP contribution in [0.5, 0.6) is 0 Å². The Kier molecular flexibility index (Phi) is 3.02. The van der Waals surface area contributed by atoms with Crippen molar-refractivity contribution in [2.75, 3.05) is 5.32 Å². The minimum atomic E-state index is -0.552. The molecule has 82 valence electrons. The summed E-state index contributed by atoms with van der Waals surface area (Å²) >= 11 is 1.96. The second-order valence-corrected chi connectivity index (χ2v) is 4.59. The number of nitrogens with zero attached hydrogens (tertiary/aromatic N) is 1. The van der Waals surface area contributed by atoms with Crippen LogP contribution in [0.25, 0.3) is 0 Å². The molecule has 0 bridgehead atoms. The first-order chi connectivity index (χ1) is 7.65. The third-order valence-corrected chi connectivity index (χ3v) is 3.07. The summed E-state index contributed by atoms with van der Waals surface area (Å²) in [6.45, 7) is 0. The molecule has 16 heavy (non-hydrogen) atoms. The van der Waals surface area contributed by atoms with Crippen LogP contribution in [-0.4, -0.2) is 22.0 Å². The van der Waals surface area contributed by atoms with Gasteiger partial charge in [-0.05, 0) is 11.8 Å². The van der Waals surface area contributed by atoms with E-state index in [9.17, 15) is 14.4 Å². The topological polar surface area (TPSA) is 88.2 Å². The standard InChI is InChI=1S/C8H5N3O3S2/c12-5(10-7-9-1-2-15-7)3-4-6(13)11-8(14)16-4/h1-3H,(H,9,10,12)(H,11,13,14). The molecule has 1 aromatic rings. The maximum absolute atomic E-state index is 11.4. The van der Waals surface area contributed by atoms with Gasteiger partial charge in [0.2, 0.25) is 0 Å². The zero-order valence-electron chi connectivity index (χ0n) is 7.72. The molecule has 1 aliphatic heterocycles. The van der Waals surface area contributed by atoms with Gasteiger partial charge >= 0.3 is 0 Å². The van der Waals surface area contributed by atoms with Crippen molar-refractivity contribution in [1.29, 1.82) is 0 Å². The van der Waals surface area contributed by atoms with E-state index in [1.54, 1.807) is 11.6 Å². The van der Waals surface area contributed by atoms with Gasteiger partial charge < -0.3 is 0 Å². The maximum Gasteiger partial charge on any atom is 0.290 e. The average molecular weight is 255 g/mol. The molecule has 0 radical (unpaired) electrons. The Morgan fingerprint density at radius 3 is 2.88 bits per heavy atom. The second kappa shape index (κ2) is 4.45. The Balaban J connectivity index is 2.04. The first kappa shape index (κ1) is 10.8. The number of thioether (sulfide) groups is 1. The van der Waals surface area contributed by atoms with E-state index < -0.39 is 17.1 Å². The molecule has 6 nitrogen and oxygen atoms in total. The molecule has 2 N–H and O–H groups in total. The summed E-state index contributed by atoms with van der Waals surface area (Å²) in [7, 11) is 0. The maximum atomic E-state index is 11.4. The van der Waals surface area contributed by atoms with Gasteiger partial charge in [-0.1, -0.05) is 0 Å². The molecule has 1 fully saturated rings. The summed E-state index contributed by atoms with van der Waals surface area (Å²) in [4.78, 5) is 37.2. The largest absolute Gasteiger partial charge is 0.298 e. The van der Waals surface area contributed by atoms with Crippen LogP contribution in [0.3, 0.4) is 0 Å². The van der Waals surface area contributed by atoms with Gasteiger partial charge in [0.05, 0.1) is 4.91 Å². The fourth-order valence-electron chi connectivity index (χ4n) is 0.967. The van der Waals surface area contributed by atoms with Crippen molar-refractivity contribution in [3.8, 4) is 0 Å². The van der Waals surface area contributed by atoms with E-state index in [2.05, 4.69) is 15.6 Å². The molecular formula is C8H5N3O3S2. The van der Waals surface area contributed by atoms with Gasteiger partial charge in [-0.3, -0.25) is 25.0 Å². The van der Waals surface area contributed by atoms with Crippen molar-refractivity contribution in [2.24, 2.45) is 0 Å². The van der Waals surface area contributed by atoms with Crippen molar-refractivity contribution < 1.29 is 14.4 Å². The highest BCUT2D eigenvalue weighted by atomic mass is 32.2. The summed E-state index contributed by atoms with van der Waals surface area (Å²) in [5, 5.41) is 6.21. The highest BCUT2D eigenvalue weighted by Crippen LogP contribution is 2.22. The molecular weight excluding hydrogens is 250 g/mol. The zero-order chi connectivity index (χ0) is 11.5. The first-order valence-corrected chi connectivity index (χ1v) is 5.80. The predicted octanol–water partition coefficient (Wildman–Crippen LogP) is 0.948. The van der Waals surface area contributed by atoms with E-state index in [-0.39, 0.29) is 4.91 Å². The number of anilines is 1. The lowest BCUT2D eigenvalue weighted by molar-refractivity contribution is -0.116. The van der Waals surface area contributed by atoms with Gasteiger partial charge in [-0.25, -0.2) is 4.98 Å². The normalized spacial score (nSPS) is 17.6. The van der Waals surface area contributed by atoms with Gasteiger partial charge in [0, 0.05) is 17.7 Å². The molecule has 1 aliphatic rings. The third-order valence-electron chi connectivity index (χ3n) is 1.57. The number of carbonyl (C=O) groups excluding carboxylic acids is 3. The van der Waals surface area contributed by atoms with Crippen molar-refractivity contribution in [1.82, 2.24) is 10.3 Å². The number of aromatic nitrogens is 1. The number of nitrogens with one attached hydrogen (secondary N) is 2. The number of hydrogen-bond donors (Lipinski definition) is 2. The third kappa shape index (κ3) is 2.47. The summed E-state index contributed by atoms with van der Waals surface area (Å²) in [6, 6.07) is 0. The minimum absolute atomic E-state index is 0.0825. The van der Waals surface area contributed by atoms with Crippen LogP contribution in [-0.2, 0) is 9.59 Å². The van der Waals surface area contributed by atoms with Crippen LogP contribution >= 0.6 is 23.1 Å². The lowest BCUT2D eigenvalue weighted by atomic mass is 10.4. The van der Waals surface area contributed by atoms with Crippen LogP contribution in [0.4, 0.5) is 9.93 Å². The van der Waals surface area contributed by atoms with Crippen molar-refractivity contribution in [3.05, 3.63) is 22.6 Å². The van der Waals surface area contributed by atoms with Gasteiger partial charge in [-0.2, -0.15) is 0 Å². The molecule has 1 aromatic heterocycles. The second-order valence-electron chi connectivity index (χ2n) is 2.68. The van der Waals surface area contributed by atoms with E-state index in [1.807, 2.05) is 0 Å². The fourth-order valence-corrected chi connectivity index (χ4v) is 2.15. The van der Waals surface area contributed by atoms with E-state index in [1.165, 1.54) is 11.3 Å². The van der Waals surface area contributed by atoms with E-state index in [0.29, 0.717) is 16.9 Å². The quantitative estimate of drug-likeness (QED) is 0.768. The molecule has 2 rings (SSSR count). The summed E-state index contributed by atoms with van der Waals surface area (Å²) < 4.78 is 0.